The normalized spacial score (nSPS) is 14.3. The topological polar surface area (TPSA) is 166 Å². The number of carbonyl (C=O) groups is 4. The molecule has 1 heterocycles. The Bertz CT molecular complexity index is 1340. The zero-order valence-corrected chi connectivity index (χ0v) is 24.0. The molecule has 2 aromatic carbocycles. The Hall–Kier alpha value is -4.18. The van der Waals surface area contributed by atoms with Gasteiger partial charge in [-0.05, 0) is 35.4 Å². The van der Waals surface area contributed by atoms with Crippen molar-refractivity contribution in [3.63, 3.8) is 0 Å². The molecule has 0 aliphatic heterocycles. The molecule has 1 aromatic heterocycles. The summed E-state index contributed by atoms with van der Waals surface area (Å²) in [5.41, 5.74) is 8.60. The molecule has 0 bridgehead atoms. The maximum absolute atomic E-state index is 13.8. The third kappa shape index (κ3) is 8.91. The fourth-order valence-electron chi connectivity index (χ4n) is 4.72. The first kappa shape index (κ1) is 31.3. The number of benzene rings is 2. The number of nitrogens with two attached hydrogens (primary N) is 1. The molecule has 0 fully saturated rings. The first-order chi connectivity index (χ1) is 19.5. The van der Waals surface area contributed by atoms with Crippen molar-refractivity contribution in [1.29, 1.82) is 0 Å². The minimum atomic E-state index is -1.17. The van der Waals surface area contributed by atoms with E-state index in [4.69, 9.17) is 5.73 Å². The van der Waals surface area contributed by atoms with Crippen molar-refractivity contribution in [1.82, 2.24) is 20.9 Å². The lowest BCUT2D eigenvalue weighted by Gasteiger charge is -2.26. The molecule has 3 aromatic rings. The quantitative estimate of drug-likeness (QED) is 0.176. The van der Waals surface area contributed by atoms with Gasteiger partial charge in [0.1, 0.15) is 18.1 Å². The van der Waals surface area contributed by atoms with Crippen LogP contribution in [-0.4, -0.2) is 57.9 Å². The number of hydrogen-bond acceptors (Lipinski definition) is 5. The molecule has 41 heavy (non-hydrogen) atoms. The molecule has 0 aliphatic carbocycles. The van der Waals surface area contributed by atoms with Gasteiger partial charge in [0.25, 0.3) is 0 Å². The van der Waals surface area contributed by atoms with Crippen molar-refractivity contribution in [2.45, 2.75) is 71.1 Å². The van der Waals surface area contributed by atoms with E-state index in [-0.39, 0.29) is 24.7 Å². The van der Waals surface area contributed by atoms with Crippen molar-refractivity contribution < 1.29 is 24.3 Å². The molecule has 0 radical (unpaired) electrons. The summed E-state index contributed by atoms with van der Waals surface area (Å²) in [4.78, 5) is 55.1. The number of nitrogens with one attached hydrogen (secondary N) is 4. The number of aromatic amines is 1. The van der Waals surface area contributed by atoms with Gasteiger partial charge in [0.15, 0.2) is 0 Å². The molecule has 4 unspecified atom stereocenters. The van der Waals surface area contributed by atoms with Gasteiger partial charge in [0.2, 0.25) is 17.7 Å². The second kappa shape index (κ2) is 14.5. The number of carbonyl (C=O) groups excluding carboxylic acids is 3. The molecule has 0 spiro atoms. The van der Waals surface area contributed by atoms with Crippen LogP contribution in [0.3, 0.4) is 0 Å². The van der Waals surface area contributed by atoms with Gasteiger partial charge in [-0.3, -0.25) is 14.4 Å². The zero-order chi connectivity index (χ0) is 30.1. The molecule has 0 saturated carbocycles. The van der Waals surface area contributed by atoms with Gasteiger partial charge in [-0.25, -0.2) is 4.79 Å². The fourth-order valence-corrected chi connectivity index (χ4v) is 4.72. The van der Waals surface area contributed by atoms with E-state index in [0.29, 0.717) is 6.42 Å². The number of carboxylic acid groups (broad SMARTS) is 1. The lowest BCUT2D eigenvalue weighted by Crippen LogP contribution is -2.58. The highest BCUT2D eigenvalue weighted by molar-refractivity contribution is 5.95. The van der Waals surface area contributed by atoms with E-state index in [1.54, 1.807) is 20.0 Å². The summed E-state index contributed by atoms with van der Waals surface area (Å²) in [5.74, 6) is -3.03. The van der Waals surface area contributed by atoms with Crippen molar-refractivity contribution in [3.05, 3.63) is 71.9 Å². The van der Waals surface area contributed by atoms with Gasteiger partial charge in [0, 0.05) is 29.9 Å². The van der Waals surface area contributed by atoms with Crippen molar-refractivity contribution in [2.75, 3.05) is 0 Å². The van der Waals surface area contributed by atoms with Crippen LogP contribution < -0.4 is 21.7 Å². The molecule has 0 saturated heterocycles. The predicted molar refractivity (Wildman–Crippen MR) is 158 cm³/mol. The number of carboxylic acids is 1. The Morgan fingerprint density at radius 1 is 0.805 bits per heavy atom. The highest BCUT2D eigenvalue weighted by Gasteiger charge is 2.32. The van der Waals surface area contributed by atoms with Crippen LogP contribution in [0.25, 0.3) is 10.9 Å². The number of para-hydroxylation sites is 1. The minimum Gasteiger partial charge on any atom is -0.480 e. The van der Waals surface area contributed by atoms with Crippen LogP contribution in [0, 0.1) is 11.8 Å². The molecule has 4 atom stereocenters. The second-order valence-electron chi connectivity index (χ2n) is 11.2. The Kier molecular flexibility index (Phi) is 11.0. The largest absolute Gasteiger partial charge is 0.480 e. The number of hydrogen-bond donors (Lipinski definition) is 6. The Morgan fingerprint density at radius 3 is 2.02 bits per heavy atom. The SMILES string of the molecule is CC(C)CC(N)C(=O)NC(Cc1c[nH]c2ccccc12)C(=O)NC(Cc1ccccc1)C(=O)NC(C(=O)O)C(C)C. The molecular formula is C31H41N5O5. The summed E-state index contributed by atoms with van der Waals surface area (Å²) in [7, 11) is 0. The second-order valence-corrected chi connectivity index (χ2v) is 11.2. The van der Waals surface area contributed by atoms with E-state index < -0.39 is 47.9 Å². The average Bonchev–Trinajstić information content (AvgIpc) is 3.33. The van der Waals surface area contributed by atoms with Crippen molar-refractivity contribution in [3.8, 4) is 0 Å². The van der Waals surface area contributed by atoms with Crippen LogP contribution in [-0.2, 0) is 32.0 Å². The molecule has 0 aliphatic rings. The van der Waals surface area contributed by atoms with E-state index in [0.717, 1.165) is 22.0 Å². The molecule has 3 rings (SSSR count). The van der Waals surface area contributed by atoms with E-state index in [2.05, 4.69) is 20.9 Å². The zero-order valence-electron chi connectivity index (χ0n) is 24.0. The predicted octanol–water partition coefficient (Wildman–Crippen LogP) is 2.52. The van der Waals surface area contributed by atoms with Gasteiger partial charge >= 0.3 is 5.97 Å². The van der Waals surface area contributed by atoms with Gasteiger partial charge in [0.05, 0.1) is 6.04 Å². The molecule has 220 valence electrons. The van der Waals surface area contributed by atoms with Crippen LogP contribution in [0.5, 0.6) is 0 Å². The average molecular weight is 564 g/mol. The number of aromatic nitrogens is 1. The number of H-pyrrole nitrogens is 1. The molecular weight excluding hydrogens is 522 g/mol. The molecule has 3 amide bonds. The third-order valence-electron chi connectivity index (χ3n) is 6.94. The first-order valence-corrected chi connectivity index (χ1v) is 13.9. The standard InChI is InChI=1S/C31H41N5O5/c1-18(2)14-23(32)28(37)34-26(16-21-17-33-24-13-9-8-12-22(21)24)29(38)35-25(15-20-10-6-5-7-11-20)30(39)36-27(19(3)4)31(40)41/h5-13,17-19,23,25-27,33H,14-16,32H2,1-4H3,(H,34,37)(H,35,38)(H,36,39)(H,40,41). The monoisotopic (exact) mass is 563 g/mol. The van der Waals surface area contributed by atoms with Crippen molar-refractivity contribution >= 4 is 34.6 Å². The Morgan fingerprint density at radius 2 is 1.39 bits per heavy atom. The summed E-state index contributed by atoms with van der Waals surface area (Å²) >= 11 is 0. The number of rotatable bonds is 14. The van der Waals surface area contributed by atoms with Gasteiger partial charge < -0.3 is 31.8 Å². The fraction of sp³-hybridized carbons (Fsp3) is 0.419. The number of aliphatic carboxylic acids is 1. The summed E-state index contributed by atoms with van der Waals surface area (Å²) < 4.78 is 0. The van der Waals surface area contributed by atoms with Crippen molar-refractivity contribution in [2.24, 2.45) is 17.6 Å². The maximum atomic E-state index is 13.8. The number of amides is 3. The summed E-state index contributed by atoms with van der Waals surface area (Å²) in [6, 6.07) is 12.7. The number of fused-ring (bicyclic) bond motifs is 1. The van der Waals surface area contributed by atoms with Gasteiger partial charge in [-0.2, -0.15) is 0 Å². The maximum Gasteiger partial charge on any atom is 0.326 e. The minimum absolute atomic E-state index is 0.128. The highest BCUT2D eigenvalue weighted by Crippen LogP contribution is 2.19. The lowest BCUT2D eigenvalue weighted by atomic mass is 9.99. The summed E-state index contributed by atoms with van der Waals surface area (Å²) in [6.45, 7) is 7.29. The smallest absolute Gasteiger partial charge is 0.326 e. The summed E-state index contributed by atoms with van der Waals surface area (Å²) in [5, 5.41) is 18.7. The van der Waals surface area contributed by atoms with E-state index in [9.17, 15) is 24.3 Å². The van der Waals surface area contributed by atoms with Gasteiger partial charge in [-0.15, -0.1) is 0 Å². The van der Waals surface area contributed by atoms with Crippen LogP contribution >= 0.6 is 0 Å². The van der Waals surface area contributed by atoms with Crippen LogP contribution in [0.4, 0.5) is 0 Å². The Labute approximate surface area is 240 Å². The Balaban J connectivity index is 1.89. The molecule has 7 N–H and O–H groups in total. The molecule has 10 heteroatoms. The van der Waals surface area contributed by atoms with Crippen LogP contribution in [0.2, 0.25) is 0 Å². The summed E-state index contributed by atoms with van der Waals surface area (Å²) in [6.07, 6.45) is 2.51. The van der Waals surface area contributed by atoms with Crippen LogP contribution in [0.15, 0.2) is 60.8 Å². The van der Waals surface area contributed by atoms with E-state index >= 15 is 0 Å². The molecule has 10 nitrogen and oxygen atoms in total. The van der Waals surface area contributed by atoms with Crippen LogP contribution in [0.1, 0.15) is 45.2 Å². The first-order valence-electron chi connectivity index (χ1n) is 13.9. The van der Waals surface area contributed by atoms with E-state index in [1.165, 1.54) is 0 Å². The highest BCUT2D eigenvalue weighted by atomic mass is 16.4. The lowest BCUT2D eigenvalue weighted by molar-refractivity contribution is -0.143. The third-order valence-corrected chi connectivity index (χ3v) is 6.94. The van der Waals surface area contributed by atoms with E-state index in [1.807, 2.05) is 68.4 Å². The van der Waals surface area contributed by atoms with Gasteiger partial charge in [-0.1, -0.05) is 76.2 Å².